The summed E-state index contributed by atoms with van der Waals surface area (Å²) in [5.74, 6) is -0.544. The summed E-state index contributed by atoms with van der Waals surface area (Å²) < 4.78 is 13.8. The lowest BCUT2D eigenvalue weighted by Crippen LogP contribution is -1.92. The fraction of sp³-hybridized carbons (Fsp3) is 0. The fourth-order valence-corrected chi connectivity index (χ4v) is 2.79. The first-order valence-corrected chi connectivity index (χ1v) is 7.69. The van der Waals surface area contributed by atoms with Crippen LogP contribution in [0.25, 0.3) is 0 Å². The molecule has 0 saturated heterocycles. The smallest absolute Gasteiger partial charge is 0.186 e. The lowest BCUT2D eigenvalue weighted by Gasteiger charge is -1.99. The van der Waals surface area contributed by atoms with Crippen LogP contribution in [-0.2, 0) is 0 Å². The van der Waals surface area contributed by atoms with Gasteiger partial charge in [-0.1, -0.05) is 51.4 Å². The average Bonchev–Trinajstić information content (AvgIpc) is 2.42. The van der Waals surface area contributed by atoms with Crippen molar-refractivity contribution in [3.8, 4) is 0 Å². The molecule has 0 fully saturated rings. The van der Waals surface area contributed by atoms with E-state index in [0.29, 0.717) is 5.56 Å². The number of halogens is 3. The molecule has 0 amide bonds. The van der Waals surface area contributed by atoms with Crippen molar-refractivity contribution in [2.75, 3.05) is 0 Å². The molecule has 0 unspecified atom stereocenters. The van der Waals surface area contributed by atoms with Gasteiger partial charge < -0.3 is 0 Å². The lowest BCUT2D eigenvalue weighted by atomic mass is 10.1. The van der Waals surface area contributed by atoms with Crippen LogP contribution in [0.4, 0.5) is 4.39 Å². The van der Waals surface area contributed by atoms with E-state index in [2.05, 4.69) is 15.9 Å². The maximum Gasteiger partial charge on any atom is 0.186 e. The molecule has 5 heteroatoms. The Labute approximate surface area is 134 Å². The Morgan fingerprint density at radius 1 is 1.25 bits per heavy atom. The fourth-order valence-electron chi connectivity index (χ4n) is 1.46. The molecule has 2 aromatic carbocycles. The van der Waals surface area contributed by atoms with Gasteiger partial charge in [0.1, 0.15) is 5.82 Å². The van der Waals surface area contributed by atoms with Crippen molar-refractivity contribution < 1.29 is 9.18 Å². The van der Waals surface area contributed by atoms with Crippen LogP contribution in [0.3, 0.4) is 0 Å². The van der Waals surface area contributed by atoms with Crippen LogP contribution in [0, 0.1) is 5.82 Å². The minimum atomic E-state index is -0.454. The number of allylic oxidation sites excluding steroid dienone is 1. The summed E-state index contributed by atoms with van der Waals surface area (Å²) in [6, 6.07) is 11.6. The zero-order chi connectivity index (χ0) is 14.5. The number of benzene rings is 2. The van der Waals surface area contributed by atoms with E-state index in [4.69, 9.17) is 11.6 Å². The standard InChI is InChI=1S/C15H9BrClFOS/c16-11-3-1-2-10(8-11)15(19)6-7-20-12-4-5-14(18)13(17)9-12/h1-9H. The van der Waals surface area contributed by atoms with Crippen LogP contribution in [0.1, 0.15) is 10.4 Å². The van der Waals surface area contributed by atoms with Crippen LogP contribution in [-0.4, -0.2) is 5.78 Å². The molecule has 0 saturated carbocycles. The van der Waals surface area contributed by atoms with E-state index in [1.165, 1.54) is 30.0 Å². The summed E-state index contributed by atoms with van der Waals surface area (Å²) in [4.78, 5) is 12.7. The summed E-state index contributed by atoms with van der Waals surface area (Å²) in [5, 5.41) is 1.73. The van der Waals surface area contributed by atoms with Gasteiger partial charge in [-0.15, -0.1) is 0 Å². The minimum Gasteiger partial charge on any atom is -0.289 e. The van der Waals surface area contributed by atoms with Crippen molar-refractivity contribution in [1.29, 1.82) is 0 Å². The summed E-state index contributed by atoms with van der Waals surface area (Å²) in [6.45, 7) is 0. The zero-order valence-corrected chi connectivity index (χ0v) is 13.3. The van der Waals surface area contributed by atoms with E-state index in [-0.39, 0.29) is 10.8 Å². The Hall–Kier alpha value is -1.10. The topological polar surface area (TPSA) is 17.1 Å². The van der Waals surface area contributed by atoms with Crippen molar-refractivity contribution in [2.24, 2.45) is 0 Å². The van der Waals surface area contributed by atoms with Crippen LogP contribution >= 0.6 is 39.3 Å². The van der Waals surface area contributed by atoms with Gasteiger partial charge in [-0.3, -0.25) is 4.79 Å². The molecule has 0 bridgehead atoms. The van der Waals surface area contributed by atoms with Crippen molar-refractivity contribution in [3.63, 3.8) is 0 Å². The first kappa shape index (κ1) is 15.3. The first-order chi connectivity index (χ1) is 9.56. The highest BCUT2D eigenvalue weighted by atomic mass is 79.9. The van der Waals surface area contributed by atoms with E-state index in [1.807, 2.05) is 6.07 Å². The molecule has 0 aliphatic carbocycles. The number of carbonyl (C=O) groups excluding carboxylic acids is 1. The Balaban J connectivity index is 2.02. The molecule has 0 N–H and O–H groups in total. The van der Waals surface area contributed by atoms with Gasteiger partial charge >= 0.3 is 0 Å². The second-order valence-corrected chi connectivity index (χ2v) is 6.17. The van der Waals surface area contributed by atoms with E-state index in [9.17, 15) is 9.18 Å². The van der Waals surface area contributed by atoms with Gasteiger partial charge in [0.2, 0.25) is 0 Å². The molecule has 0 atom stereocenters. The molecule has 102 valence electrons. The van der Waals surface area contributed by atoms with Gasteiger partial charge in [0.25, 0.3) is 0 Å². The van der Waals surface area contributed by atoms with Crippen LogP contribution in [0.5, 0.6) is 0 Å². The second kappa shape index (κ2) is 7.07. The average molecular weight is 372 g/mol. The molecule has 0 aliphatic rings. The highest BCUT2D eigenvalue weighted by Crippen LogP contribution is 2.25. The van der Waals surface area contributed by atoms with Crippen molar-refractivity contribution in [1.82, 2.24) is 0 Å². The van der Waals surface area contributed by atoms with E-state index >= 15 is 0 Å². The first-order valence-electron chi connectivity index (χ1n) is 5.64. The minimum absolute atomic E-state index is 0.0710. The molecule has 0 radical (unpaired) electrons. The Kier molecular flexibility index (Phi) is 5.40. The van der Waals surface area contributed by atoms with Crippen molar-refractivity contribution in [3.05, 3.63) is 74.8 Å². The monoisotopic (exact) mass is 370 g/mol. The summed E-state index contributed by atoms with van der Waals surface area (Å²) in [5.41, 5.74) is 0.605. The molecule has 0 heterocycles. The number of carbonyl (C=O) groups is 1. The van der Waals surface area contributed by atoms with E-state index < -0.39 is 5.82 Å². The Bertz CT molecular complexity index is 673. The Morgan fingerprint density at radius 3 is 2.75 bits per heavy atom. The summed E-state index contributed by atoms with van der Waals surface area (Å²) in [6.07, 6.45) is 1.48. The number of ketones is 1. The number of hydrogen-bond acceptors (Lipinski definition) is 2. The molecule has 2 rings (SSSR count). The summed E-state index contributed by atoms with van der Waals surface area (Å²) in [7, 11) is 0. The predicted octanol–water partition coefficient (Wildman–Crippen LogP) is 5.73. The SMILES string of the molecule is O=C(C=CSc1ccc(F)c(Cl)c1)c1cccc(Br)c1. The van der Waals surface area contributed by atoms with Gasteiger partial charge in [-0.2, -0.15) is 0 Å². The maximum atomic E-state index is 13.0. The molecular formula is C15H9BrClFOS. The Morgan fingerprint density at radius 2 is 2.05 bits per heavy atom. The van der Waals surface area contributed by atoms with Gasteiger partial charge in [0.15, 0.2) is 5.78 Å². The van der Waals surface area contributed by atoms with Gasteiger partial charge in [-0.25, -0.2) is 4.39 Å². The van der Waals surface area contributed by atoms with Gasteiger partial charge in [0, 0.05) is 14.9 Å². The normalized spacial score (nSPS) is 10.9. The number of rotatable bonds is 4. The quantitative estimate of drug-likeness (QED) is 0.388. The molecule has 1 nitrogen and oxygen atoms in total. The summed E-state index contributed by atoms with van der Waals surface area (Å²) >= 11 is 10.3. The lowest BCUT2D eigenvalue weighted by molar-refractivity contribution is 0.104. The van der Waals surface area contributed by atoms with Crippen molar-refractivity contribution in [2.45, 2.75) is 4.90 Å². The molecule has 0 spiro atoms. The second-order valence-electron chi connectivity index (χ2n) is 3.87. The third-order valence-electron chi connectivity index (χ3n) is 2.42. The molecule has 2 aromatic rings. The van der Waals surface area contributed by atoms with Crippen LogP contribution < -0.4 is 0 Å². The third kappa shape index (κ3) is 4.20. The highest BCUT2D eigenvalue weighted by Gasteiger charge is 2.03. The molecule has 20 heavy (non-hydrogen) atoms. The largest absolute Gasteiger partial charge is 0.289 e. The molecule has 0 aromatic heterocycles. The van der Waals surface area contributed by atoms with E-state index in [0.717, 1.165) is 9.37 Å². The maximum absolute atomic E-state index is 13.0. The van der Waals surface area contributed by atoms with E-state index in [1.54, 1.807) is 29.7 Å². The van der Waals surface area contributed by atoms with Gasteiger partial charge in [0.05, 0.1) is 5.02 Å². The predicted molar refractivity (Wildman–Crippen MR) is 84.9 cm³/mol. The van der Waals surface area contributed by atoms with Crippen LogP contribution in [0.15, 0.2) is 63.3 Å². The zero-order valence-electron chi connectivity index (χ0n) is 10.1. The third-order valence-corrected chi connectivity index (χ3v) is 4.00. The molecule has 0 aliphatic heterocycles. The van der Waals surface area contributed by atoms with Gasteiger partial charge in [-0.05, 0) is 41.8 Å². The van der Waals surface area contributed by atoms with Crippen molar-refractivity contribution >= 4 is 45.1 Å². The number of thioether (sulfide) groups is 1. The molecular weight excluding hydrogens is 363 g/mol. The van der Waals surface area contributed by atoms with Crippen LogP contribution in [0.2, 0.25) is 5.02 Å². The highest BCUT2D eigenvalue weighted by molar-refractivity contribution is 9.10. The number of hydrogen-bond donors (Lipinski definition) is 0.